The lowest BCUT2D eigenvalue weighted by molar-refractivity contribution is -0.138. The fourth-order valence-electron chi connectivity index (χ4n) is 1.90. The van der Waals surface area contributed by atoms with Gasteiger partial charge in [0.1, 0.15) is 0 Å². The van der Waals surface area contributed by atoms with Crippen LogP contribution in [-0.2, 0) is 16.0 Å². The van der Waals surface area contributed by atoms with Crippen LogP contribution in [0.25, 0.3) is 0 Å². The molecule has 116 valence electrons. The smallest absolute Gasteiger partial charge is 0.303 e. The summed E-state index contributed by atoms with van der Waals surface area (Å²) in [4.78, 5) is 22.2. The molecule has 1 aromatic carbocycles. The molecule has 0 aromatic heterocycles. The molecular weight excluding hydrogens is 277 g/mol. The van der Waals surface area contributed by atoms with Crippen molar-refractivity contribution in [3.63, 3.8) is 0 Å². The van der Waals surface area contributed by atoms with Gasteiger partial charge in [-0.05, 0) is 24.0 Å². The zero-order chi connectivity index (χ0) is 15.8. The van der Waals surface area contributed by atoms with Gasteiger partial charge in [-0.1, -0.05) is 19.1 Å². The molecule has 1 unspecified atom stereocenters. The van der Waals surface area contributed by atoms with Crippen LogP contribution >= 0.6 is 0 Å². The van der Waals surface area contributed by atoms with E-state index in [9.17, 15) is 14.0 Å². The Labute approximate surface area is 123 Å². The number of nitrogens with one attached hydrogen (secondary N) is 1. The maximum absolute atomic E-state index is 13.9. The number of methoxy groups -OCH3 is 1. The van der Waals surface area contributed by atoms with Crippen molar-refractivity contribution in [1.29, 1.82) is 0 Å². The molecule has 1 aromatic rings. The van der Waals surface area contributed by atoms with Gasteiger partial charge < -0.3 is 15.2 Å². The lowest BCUT2D eigenvalue weighted by Crippen LogP contribution is -2.29. The first kappa shape index (κ1) is 16.9. The molecule has 0 fully saturated rings. The summed E-state index contributed by atoms with van der Waals surface area (Å²) in [5.41, 5.74) is 0.420. The van der Waals surface area contributed by atoms with E-state index in [1.54, 1.807) is 19.1 Å². The molecule has 0 aliphatic rings. The van der Waals surface area contributed by atoms with E-state index in [1.807, 2.05) is 0 Å². The highest BCUT2D eigenvalue weighted by atomic mass is 19.1. The number of hydrogen-bond donors (Lipinski definition) is 2. The van der Waals surface area contributed by atoms with Crippen LogP contribution in [0.3, 0.4) is 0 Å². The van der Waals surface area contributed by atoms with Crippen molar-refractivity contribution in [2.75, 3.05) is 13.7 Å². The maximum Gasteiger partial charge on any atom is 0.303 e. The molecule has 1 amide bonds. The summed E-state index contributed by atoms with van der Waals surface area (Å²) in [6.07, 6.45) is 0.414. The predicted octanol–water partition coefficient (Wildman–Crippen LogP) is 1.99. The van der Waals surface area contributed by atoms with Crippen LogP contribution in [0.4, 0.5) is 4.39 Å². The van der Waals surface area contributed by atoms with Gasteiger partial charge in [-0.2, -0.15) is 0 Å². The molecule has 0 saturated carbocycles. The second-order valence-corrected chi connectivity index (χ2v) is 4.94. The average Bonchev–Trinajstić information content (AvgIpc) is 2.43. The van der Waals surface area contributed by atoms with Gasteiger partial charge in [-0.15, -0.1) is 0 Å². The number of carbonyl (C=O) groups is 2. The summed E-state index contributed by atoms with van der Waals surface area (Å²) in [5, 5.41) is 11.3. The van der Waals surface area contributed by atoms with Gasteiger partial charge in [0, 0.05) is 19.4 Å². The topological polar surface area (TPSA) is 75.6 Å². The highest BCUT2D eigenvalue weighted by Gasteiger charge is 2.12. The molecule has 2 N–H and O–H groups in total. The molecule has 5 nitrogen and oxygen atoms in total. The van der Waals surface area contributed by atoms with Crippen LogP contribution in [0.1, 0.15) is 25.3 Å². The number of aliphatic carboxylic acids is 1. The van der Waals surface area contributed by atoms with E-state index in [-0.39, 0.29) is 36.8 Å². The normalized spacial score (nSPS) is 11.8. The molecule has 1 atom stereocenters. The zero-order valence-corrected chi connectivity index (χ0v) is 12.2. The van der Waals surface area contributed by atoms with Crippen LogP contribution in [0, 0.1) is 11.7 Å². The number of halogens is 1. The van der Waals surface area contributed by atoms with Gasteiger partial charge in [0.25, 0.3) is 0 Å². The van der Waals surface area contributed by atoms with Crippen molar-refractivity contribution in [1.82, 2.24) is 5.32 Å². The second-order valence-electron chi connectivity index (χ2n) is 4.94. The quantitative estimate of drug-likeness (QED) is 0.769. The third-order valence-corrected chi connectivity index (χ3v) is 3.06. The molecule has 0 saturated heterocycles. The Balaban J connectivity index is 2.41. The van der Waals surface area contributed by atoms with Crippen LogP contribution < -0.4 is 10.1 Å². The van der Waals surface area contributed by atoms with Gasteiger partial charge in [-0.25, -0.2) is 4.39 Å². The van der Waals surface area contributed by atoms with E-state index < -0.39 is 11.8 Å². The first-order valence-electron chi connectivity index (χ1n) is 6.74. The Bertz CT molecular complexity index is 504. The molecule has 0 aliphatic carbocycles. The fraction of sp³-hybridized carbons (Fsp3) is 0.467. The minimum absolute atomic E-state index is 0.00475. The Morgan fingerprint density at radius 1 is 1.43 bits per heavy atom. The lowest BCUT2D eigenvalue weighted by Gasteiger charge is -2.11. The van der Waals surface area contributed by atoms with E-state index in [0.29, 0.717) is 12.1 Å². The average molecular weight is 297 g/mol. The number of amides is 1. The van der Waals surface area contributed by atoms with Crippen LogP contribution in [0.15, 0.2) is 18.2 Å². The first-order valence-corrected chi connectivity index (χ1v) is 6.74. The molecule has 0 aliphatic heterocycles. The van der Waals surface area contributed by atoms with E-state index in [0.717, 1.165) is 0 Å². The summed E-state index contributed by atoms with van der Waals surface area (Å²) >= 11 is 0. The van der Waals surface area contributed by atoms with Crippen LogP contribution in [0.5, 0.6) is 5.75 Å². The van der Waals surface area contributed by atoms with E-state index >= 15 is 0 Å². The van der Waals surface area contributed by atoms with Crippen LogP contribution in [0.2, 0.25) is 0 Å². The van der Waals surface area contributed by atoms with E-state index in [2.05, 4.69) is 5.32 Å². The van der Waals surface area contributed by atoms with Gasteiger partial charge in [0.2, 0.25) is 5.91 Å². The summed E-state index contributed by atoms with van der Waals surface area (Å²) in [5.74, 6) is -1.56. The molecule has 1 rings (SSSR count). The number of carbonyl (C=O) groups excluding carboxylic acids is 1. The second kappa shape index (κ2) is 8.24. The van der Waals surface area contributed by atoms with Gasteiger partial charge in [0.15, 0.2) is 11.6 Å². The SMILES string of the molecule is COc1cccc(CCC(=O)NCC(C)CC(=O)O)c1F. The lowest BCUT2D eigenvalue weighted by atomic mass is 10.1. The first-order chi connectivity index (χ1) is 9.93. The highest BCUT2D eigenvalue weighted by molar-refractivity contribution is 5.76. The highest BCUT2D eigenvalue weighted by Crippen LogP contribution is 2.20. The Kier molecular flexibility index (Phi) is 6.65. The predicted molar refractivity (Wildman–Crippen MR) is 75.7 cm³/mol. The van der Waals surface area contributed by atoms with E-state index in [4.69, 9.17) is 9.84 Å². The molecule has 0 spiro atoms. The number of carboxylic acids is 1. The zero-order valence-electron chi connectivity index (χ0n) is 12.2. The molecular formula is C15H20FNO4. The molecule has 0 bridgehead atoms. The fourth-order valence-corrected chi connectivity index (χ4v) is 1.90. The van der Waals surface area contributed by atoms with Crippen LogP contribution in [-0.4, -0.2) is 30.6 Å². The van der Waals surface area contributed by atoms with Crippen molar-refractivity contribution in [3.05, 3.63) is 29.6 Å². The number of hydrogen-bond acceptors (Lipinski definition) is 3. The number of ether oxygens (including phenoxy) is 1. The number of carboxylic acid groups (broad SMARTS) is 1. The number of rotatable bonds is 8. The molecule has 21 heavy (non-hydrogen) atoms. The number of benzene rings is 1. The minimum Gasteiger partial charge on any atom is -0.494 e. The maximum atomic E-state index is 13.9. The summed E-state index contributed by atoms with van der Waals surface area (Å²) in [7, 11) is 1.39. The van der Waals surface area contributed by atoms with Gasteiger partial charge >= 0.3 is 5.97 Å². The summed E-state index contributed by atoms with van der Waals surface area (Å²) < 4.78 is 18.7. The largest absolute Gasteiger partial charge is 0.494 e. The Morgan fingerprint density at radius 3 is 2.76 bits per heavy atom. The minimum atomic E-state index is -0.893. The van der Waals surface area contributed by atoms with Gasteiger partial charge in [0.05, 0.1) is 7.11 Å². The molecule has 0 heterocycles. The molecule has 6 heteroatoms. The summed E-state index contributed by atoms with van der Waals surface area (Å²) in [6.45, 7) is 2.04. The standard InChI is InChI=1S/C15H20FNO4/c1-10(8-14(19)20)9-17-13(18)7-6-11-4-3-5-12(21-2)15(11)16/h3-5,10H,6-9H2,1-2H3,(H,17,18)(H,19,20). The third-order valence-electron chi connectivity index (χ3n) is 3.06. The van der Waals surface area contributed by atoms with E-state index in [1.165, 1.54) is 13.2 Å². The van der Waals surface area contributed by atoms with Crippen molar-refractivity contribution >= 4 is 11.9 Å². The van der Waals surface area contributed by atoms with Crippen molar-refractivity contribution < 1.29 is 23.8 Å². The third kappa shape index (κ3) is 5.81. The molecule has 0 radical (unpaired) electrons. The van der Waals surface area contributed by atoms with Crippen molar-refractivity contribution in [2.45, 2.75) is 26.2 Å². The van der Waals surface area contributed by atoms with Crippen molar-refractivity contribution in [2.24, 2.45) is 5.92 Å². The monoisotopic (exact) mass is 297 g/mol. The number of aryl methyl sites for hydroxylation is 1. The Hall–Kier alpha value is -2.11. The van der Waals surface area contributed by atoms with Crippen molar-refractivity contribution in [3.8, 4) is 5.75 Å². The Morgan fingerprint density at radius 2 is 2.14 bits per heavy atom. The summed E-state index contributed by atoms with van der Waals surface area (Å²) in [6, 6.07) is 4.80. The van der Waals surface area contributed by atoms with Gasteiger partial charge in [-0.3, -0.25) is 9.59 Å².